The molecule has 4 heteroatoms. The molecule has 2 aromatic heterocycles. The lowest BCUT2D eigenvalue weighted by atomic mass is 10.1. The van der Waals surface area contributed by atoms with Gasteiger partial charge in [0.1, 0.15) is 0 Å². The smallest absolute Gasteiger partial charge is 0.335 e. The summed E-state index contributed by atoms with van der Waals surface area (Å²) in [6, 6.07) is 20.8. The van der Waals surface area contributed by atoms with Crippen molar-refractivity contribution in [1.82, 2.24) is 9.55 Å². The number of hydrogen-bond acceptors (Lipinski definition) is 2. The van der Waals surface area contributed by atoms with Gasteiger partial charge >= 0.3 is 5.97 Å². The Kier molecular flexibility index (Phi) is 3.35. The van der Waals surface area contributed by atoms with Crippen LogP contribution in [0.25, 0.3) is 27.8 Å². The Morgan fingerprint density at radius 3 is 2.58 bits per heavy atom. The first-order chi connectivity index (χ1) is 11.7. The van der Waals surface area contributed by atoms with Gasteiger partial charge in [-0.25, -0.2) is 4.79 Å². The van der Waals surface area contributed by atoms with E-state index in [9.17, 15) is 9.90 Å². The second-order valence-corrected chi connectivity index (χ2v) is 5.50. The van der Waals surface area contributed by atoms with E-state index in [4.69, 9.17) is 0 Å². The van der Waals surface area contributed by atoms with Crippen LogP contribution in [0.4, 0.5) is 0 Å². The third kappa shape index (κ3) is 2.34. The van der Waals surface area contributed by atoms with Crippen molar-refractivity contribution in [2.45, 2.75) is 0 Å². The van der Waals surface area contributed by atoms with Crippen LogP contribution in [0.3, 0.4) is 0 Å². The van der Waals surface area contributed by atoms with Gasteiger partial charge in [-0.2, -0.15) is 0 Å². The Morgan fingerprint density at radius 2 is 1.79 bits per heavy atom. The van der Waals surface area contributed by atoms with Crippen molar-refractivity contribution in [2.24, 2.45) is 0 Å². The van der Waals surface area contributed by atoms with Crippen LogP contribution >= 0.6 is 0 Å². The van der Waals surface area contributed by atoms with E-state index in [1.54, 1.807) is 24.4 Å². The highest BCUT2D eigenvalue weighted by atomic mass is 16.4. The number of carboxylic acids is 1. The highest BCUT2D eigenvalue weighted by Gasteiger charge is 2.13. The molecule has 24 heavy (non-hydrogen) atoms. The molecule has 4 rings (SSSR count). The molecule has 0 atom stereocenters. The number of carboxylic acid groups (broad SMARTS) is 1. The standard InChI is InChI=1S/C20H14N2O2/c23-20(24)14-6-5-7-15(12-14)22-13-17(18-9-3-4-11-21-18)16-8-1-2-10-19(16)22/h1-13H,(H,23,24). The number of benzene rings is 2. The maximum absolute atomic E-state index is 11.3. The van der Waals surface area contributed by atoms with Gasteiger partial charge in [0.15, 0.2) is 0 Å². The highest BCUT2D eigenvalue weighted by molar-refractivity contribution is 5.96. The average molecular weight is 314 g/mol. The van der Waals surface area contributed by atoms with Crippen molar-refractivity contribution in [2.75, 3.05) is 0 Å². The number of hydrogen-bond donors (Lipinski definition) is 1. The summed E-state index contributed by atoms with van der Waals surface area (Å²) < 4.78 is 2.01. The SMILES string of the molecule is O=C(O)c1cccc(-n2cc(-c3ccccn3)c3ccccc32)c1. The topological polar surface area (TPSA) is 55.1 Å². The van der Waals surface area contributed by atoms with Crippen LogP contribution in [-0.4, -0.2) is 20.6 Å². The van der Waals surface area contributed by atoms with Crippen molar-refractivity contribution in [1.29, 1.82) is 0 Å². The molecule has 116 valence electrons. The molecule has 0 bridgehead atoms. The van der Waals surface area contributed by atoms with Crippen LogP contribution in [0.15, 0.2) is 79.1 Å². The fraction of sp³-hybridized carbons (Fsp3) is 0. The molecule has 4 aromatic rings. The molecule has 0 fully saturated rings. The summed E-state index contributed by atoms with van der Waals surface area (Å²) in [4.78, 5) is 15.7. The Hall–Kier alpha value is -3.40. The Balaban J connectivity index is 1.97. The van der Waals surface area contributed by atoms with E-state index in [0.717, 1.165) is 27.8 Å². The maximum Gasteiger partial charge on any atom is 0.335 e. The molecule has 2 aromatic carbocycles. The Morgan fingerprint density at radius 1 is 0.958 bits per heavy atom. The van der Waals surface area contributed by atoms with Crippen molar-refractivity contribution in [3.05, 3.63) is 84.7 Å². The van der Waals surface area contributed by atoms with Crippen molar-refractivity contribution < 1.29 is 9.90 Å². The van der Waals surface area contributed by atoms with Gasteiger partial charge in [-0.15, -0.1) is 0 Å². The predicted octanol–water partition coefficient (Wildman–Crippen LogP) is 4.39. The molecule has 4 nitrogen and oxygen atoms in total. The van der Waals surface area contributed by atoms with E-state index in [2.05, 4.69) is 11.1 Å². The molecule has 0 aliphatic heterocycles. The summed E-state index contributed by atoms with van der Waals surface area (Å²) in [7, 11) is 0. The Labute approximate surface area is 138 Å². The molecular formula is C20H14N2O2. The van der Waals surface area contributed by atoms with Gasteiger partial charge in [0.2, 0.25) is 0 Å². The zero-order valence-electron chi connectivity index (χ0n) is 12.8. The molecule has 1 N–H and O–H groups in total. The van der Waals surface area contributed by atoms with E-state index in [0.29, 0.717) is 0 Å². The van der Waals surface area contributed by atoms with Crippen LogP contribution in [-0.2, 0) is 0 Å². The van der Waals surface area contributed by atoms with Crippen LogP contribution in [0.1, 0.15) is 10.4 Å². The van der Waals surface area contributed by atoms with E-state index >= 15 is 0 Å². The minimum atomic E-state index is -0.932. The second kappa shape index (κ2) is 5.66. The zero-order chi connectivity index (χ0) is 16.5. The van der Waals surface area contributed by atoms with Gasteiger partial charge < -0.3 is 9.67 Å². The zero-order valence-corrected chi connectivity index (χ0v) is 12.8. The normalized spacial score (nSPS) is 10.8. The fourth-order valence-corrected chi connectivity index (χ4v) is 2.91. The number of aromatic nitrogens is 2. The molecule has 0 aliphatic rings. The van der Waals surface area contributed by atoms with Crippen molar-refractivity contribution in [3.63, 3.8) is 0 Å². The third-order valence-electron chi connectivity index (χ3n) is 4.02. The van der Waals surface area contributed by atoms with Gasteiger partial charge in [0.25, 0.3) is 0 Å². The Bertz CT molecular complexity index is 1040. The molecule has 2 heterocycles. The number of aromatic carboxylic acids is 1. The minimum absolute atomic E-state index is 0.268. The molecule has 0 saturated heterocycles. The van der Waals surface area contributed by atoms with Crippen LogP contribution in [0.2, 0.25) is 0 Å². The number of fused-ring (bicyclic) bond motifs is 1. The lowest BCUT2D eigenvalue weighted by Crippen LogP contribution is -1.99. The minimum Gasteiger partial charge on any atom is -0.478 e. The van der Waals surface area contributed by atoms with Crippen LogP contribution < -0.4 is 0 Å². The first-order valence-electron chi connectivity index (χ1n) is 7.59. The second-order valence-electron chi connectivity index (χ2n) is 5.50. The first kappa shape index (κ1) is 14.2. The van der Waals surface area contributed by atoms with E-state index < -0.39 is 5.97 Å². The van der Waals surface area contributed by atoms with Crippen LogP contribution in [0, 0.1) is 0 Å². The number of pyridine rings is 1. The molecule has 0 saturated carbocycles. The van der Waals surface area contributed by atoms with Crippen molar-refractivity contribution >= 4 is 16.9 Å². The molecule has 0 spiro atoms. The summed E-state index contributed by atoms with van der Waals surface area (Å²) >= 11 is 0. The summed E-state index contributed by atoms with van der Waals surface area (Å²) in [5.41, 5.74) is 4.01. The van der Waals surface area contributed by atoms with Gasteiger partial charge in [-0.05, 0) is 36.4 Å². The summed E-state index contributed by atoms with van der Waals surface area (Å²) in [6.07, 6.45) is 3.78. The predicted molar refractivity (Wildman–Crippen MR) is 93.5 cm³/mol. The van der Waals surface area contributed by atoms with E-state index in [1.807, 2.05) is 53.2 Å². The molecule has 0 unspecified atom stereocenters. The number of nitrogens with zero attached hydrogens (tertiary/aromatic N) is 2. The first-order valence-corrected chi connectivity index (χ1v) is 7.59. The number of rotatable bonds is 3. The largest absolute Gasteiger partial charge is 0.478 e. The van der Waals surface area contributed by atoms with Crippen LogP contribution in [0.5, 0.6) is 0 Å². The monoisotopic (exact) mass is 314 g/mol. The quantitative estimate of drug-likeness (QED) is 0.610. The van der Waals surface area contributed by atoms with Crippen molar-refractivity contribution in [3.8, 4) is 16.9 Å². The average Bonchev–Trinajstić information content (AvgIpc) is 3.02. The summed E-state index contributed by atoms with van der Waals surface area (Å²) in [6.45, 7) is 0. The molecule has 0 aliphatic carbocycles. The van der Waals surface area contributed by atoms with E-state index in [-0.39, 0.29) is 5.56 Å². The highest BCUT2D eigenvalue weighted by Crippen LogP contribution is 2.31. The fourth-order valence-electron chi connectivity index (χ4n) is 2.91. The summed E-state index contributed by atoms with van der Waals surface area (Å²) in [5, 5.41) is 10.3. The molecular weight excluding hydrogens is 300 g/mol. The van der Waals surface area contributed by atoms with Gasteiger partial charge in [0.05, 0.1) is 16.8 Å². The molecule has 0 amide bonds. The molecule has 0 radical (unpaired) electrons. The van der Waals surface area contributed by atoms with Gasteiger partial charge in [-0.3, -0.25) is 4.98 Å². The lowest BCUT2D eigenvalue weighted by molar-refractivity contribution is 0.0697. The van der Waals surface area contributed by atoms with E-state index in [1.165, 1.54) is 0 Å². The lowest BCUT2D eigenvalue weighted by Gasteiger charge is -2.06. The number of carbonyl (C=O) groups is 1. The summed E-state index contributed by atoms with van der Waals surface area (Å²) in [5.74, 6) is -0.932. The number of para-hydroxylation sites is 1. The van der Waals surface area contributed by atoms with Gasteiger partial charge in [-0.1, -0.05) is 30.3 Å². The maximum atomic E-state index is 11.3. The van der Waals surface area contributed by atoms with Gasteiger partial charge in [0, 0.05) is 29.0 Å². The third-order valence-corrected chi connectivity index (χ3v) is 4.02.